The van der Waals surface area contributed by atoms with E-state index in [1.807, 2.05) is 0 Å². The summed E-state index contributed by atoms with van der Waals surface area (Å²) in [7, 11) is 0. The molecular weight excluding hydrogens is 528 g/mol. The van der Waals surface area contributed by atoms with Gasteiger partial charge in [-0.2, -0.15) is 0 Å². The molecule has 9 rings (SSSR count). The Hall–Kier alpha value is -5.72. The van der Waals surface area contributed by atoms with Crippen LogP contribution in [0.25, 0.3) is 87.2 Å². The molecular formula is C44H28. The van der Waals surface area contributed by atoms with Crippen LogP contribution >= 0.6 is 0 Å². The quantitative estimate of drug-likeness (QED) is 0.150. The van der Waals surface area contributed by atoms with Crippen molar-refractivity contribution >= 4 is 53.9 Å². The first kappa shape index (κ1) is 24.8. The minimum atomic E-state index is 1.23. The van der Waals surface area contributed by atoms with Crippen LogP contribution in [0.4, 0.5) is 0 Å². The lowest BCUT2D eigenvalue weighted by molar-refractivity contribution is 1.64. The average Bonchev–Trinajstić information content (AvgIpc) is 3.10. The van der Waals surface area contributed by atoms with Crippen molar-refractivity contribution in [3.8, 4) is 33.4 Å². The molecule has 0 N–H and O–H groups in total. The molecule has 44 heavy (non-hydrogen) atoms. The van der Waals surface area contributed by atoms with Crippen LogP contribution < -0.4 is 0 Å². The summed E-state index contributed by atoms with van der Waals surface area (Å²) in [4.78, 5) is 0. The van der Waals surface area contributed by atoms with Crippen LogP contribution in [-0.2, 0) is 0 Å². The number of benzene rings is 9. The third kappa shape index (κ3) is 3.85. The van der Waals surface area contributed by atoms with Crippen LogP contribution in [0.5, 0.6) is 0 Å². The lowest BCUT2D eigenvalue weighted by Crippen LogP contribution is -1.92. The topological polar surface area (TPSA) is 0 Å². The van der Waals surface area contributed by atoms with E-state index in [1.165, 1.54) is 87.2 Å². The molecule has 0 saturated heterocycles. The highest BCUT2D eigenvalue weighted by Crippen LogP contribution is 2.46. The van der Waals surface area contributed by atoms with Crippen molar-refractivity contribution in [2.45, 2.75) is 0 Å². The molecule has 0 bridgehead atoms. The van der Waals surface area contributed by atoms with Crippen molar-refractivity contribution in [1.29, 1.82) is 0 Å². The average molecular weight is 557 g/mol. The second-order valence-corrected chi connectivity index (χ2v) is 11.7. The maximum atomic E-state index is 2.40. The first-order valence-corrected chi connectivity index (χ1v) is 15.3. The van der Waals surface area contributed by atoms with Gasteiger partial charge in [0, 0.05) is 0 Å². The summed E-state index contributed by atoms with van der Waals surface area (Å²) in [5.74, 6) is 0. The molecule has 0 saturated carbocycles. The molecule has 204 valence electrons. The number of fused-ring (bicyclic) bond motifs is 6. The molecule has 9 aromatic carbocycles. The van der Waals surface area contributed by atoms with E-state index in [4.69, 9.17) is 0 Å². The SMILES string of the molecule is c1ccc(-c2ccc3cccc(-c4c5ccccc5c(-c5ccc6ccc7ccccc7c6c5)c5ccccc45)c3c2)cc1. The van der Waals surface area contributed by atoms with E-state index in [0.29, 0.717) is 0 Å². The van der Waals surface area contributed by atoms with E-state index < -0.39 is 0 Å². The normalized spacial score (nSPS) is 11.6. The Bertz CT molecular complexity index is 2480. The van der Waals surface area contributed by atoms with Gasteiger partial charge in [0.2, 0.25) is 0 Å². The fourth-order valence-electron chi connectivity index (χ4n) is 7.19. The second kappa shape index (κ2) is 9.93. The van der Waals surface area contributed by atoms with Gasteiger partial charge in [-0.1, -0.05) is 158 Å². The van der Waals surface area contributed by atoms with Gasteiger partial charge in [-0.15, -0.1) is 0 Å². The highest BCUT2D eigenvalue weighted by molar-refractivity contribution is 6.24. The largest absolute Gasteiger partial charge is 0.0622 e. The molecule has 0 aliphatic carbocycles. The number of rotatable bonds is 3. The Balaban J connectivity index is 1.37. The predicted molar refractivity (Wildman–Crippen MR) is 190 cm³/mol. The smallest absolute Gasteiger partial charge is 0.00201 e. The summed E-state index contributed by atoms with van der Waals surface area (Å²) in [6.07, 6.45) is 0. The zero-order chi connectivity index (χ0) is 29.0. The van der Waals surface area contributed by atoms with Gasteiger partial charge in [-0.05, 0) is 99.4 Å². The zero-order valence-electron chi connectivity index (χ0n) is 24.2. The van der Waals surface area contributed by atoms with Gasteiger partial charge >= 0.3 is 0 Å². The van der Waals surface area contributed by atoms with E-state index in [-0.39, 0.29) is 0 Å². The number of hydrogen-bond acceptors (Lipinski definition) is 0. The van der Waals surface area contributed by atoms with Crippen molar-refractivity contribution in [2.75, 3.05) is 0 Å². The summed E-state index contributed by atoms with van der Waals surface area (Å²) in [5, 5.41) is 12.7. The Morgan fingerprint density at radius 3 is 1.41 bits per heavy atom. The fourth-order valence-corrected chi connectivity index (χ4v) is 7.19. The summed E-state index contributed by atoms with van der Waals surface area (Å²) in [5.41, 5.74) is 7.57. The van der Waals surface area contributed by atoms with Crippen LogP contribution in [0.3, 0.4) is 0 Å². The van der Waals surface area contributed by atoms with Crippen molar-refractivity contribution < 1.29 is 0 Å². The fraction of sp³-hybridized carbons (Fsp3) is 0. The maximum absolute atomic E-state index is 2.40. The van der Waals surface area contributed by atoms with Crippen LogP contribution in [0.1, 0.15) is 0 Å². The minimum absolute atomic E-state index is 1.23. The molecule has 0 unspecified atom stereocenters. The van der Waals surface area contributed by atoms with E-state index in [2.05, 4.69) is 170 Å². The van der Waals surface area contributed by atoms with E-state index in [1.54, 1.807) is 0 Å². The van der Waals surface area contributed by atoms with Crippen molar-refractivity contribution in [1.82, 2.24) is 0 Å². The van der Waals surface area contributed by atoms with Gasteiger partial charge in [-0.3, -0.25) is 0 Å². The molecule has 0 atom stereocenters. The van der Waals surface area contributed by atoms with Crippen molar-refractivity contribution in [2.24, 2.45) is 0 Å². The lowest BCUT2D eigenvalue weighted by atomic mass is 9.84. The van der Waals surface area contributed by atoms with Gasteiger partial charge < -0.3 is 0 Å². The third-order valence-corrected chi connectivity index (χ3v) is 9.23. The molecule has 0 amide bonds. The standard InChI is InChI=1S/C44H28/c1-2-11-29(12-3-1)33-25-23-31-14-10-20-40(42(31)27-33)44-38-18-8-6-16-36(38)43(37-17-7-9-19-39(37)44)34-26-24-32-22-21-30-13-4-5-15-35(30)41(32)28-34/h1-28H. The van der Waals surface area contributed by atoms with Crippen LogP contribution in [-0.4, -0.2) is 0 Å². The monoisotopic (exact) mass is 556 g/mol. The summed E-state index contributed by atoms with van der Waals surface area (Å²) in [6, 6.07) is 62.4. The van der Waals surface area contributed by atoms with Gasteiger partial charge in [0.05, 0.1) is 0 Å². The summed E-state index contributed by atoms with van der Waals surface area (Å²) >= 11 is 0. The molecule has 0 aliphatic heterocycles. The highest BCUT2D eigenvalue weighted by Gasteiger charge is 2.18. The molecule has 0 fully saturated rings. The van der Waals surface area contributed by atoms with Crippen molar-refractivity contribution in [3.05, 3.63) is 170 Å². The van der Waals surface area contributed by atoms with Gasteiger partial charge in [0.15, 0.2) is 0 Å². The molecule has 0 heteroatoms. The summed E-state index contributed by atoms with van der Waals surface area (Å²) in [6.45, 7) is 0. The molecule has 0 heterocycles. The third-order valence-electron chi connectivity index (χ3n) is 9.23. The predicted octanol–water partition coefficient (Wildman–Crippen LogP) is 12.5. The summed E-state index contributed by atoms with van der Waals surface area (Å²) < 4.78 is 0. The van der Waals surface area contributed by atoms with E-state index >= 15 is 0 Å². The zero-order valence-corrected chi connectivity index (χ0v) is 24.2. The van der Waals surface area contributed by atoms with Crippen LogP contribution in [0, 0.1) is 0 Å². The van der Waals surface area contributed by atoms with E-state index in [9.17, 15) is 0 Å². The highest BCUT2D eigenvalue weighted by atomic mass is 14.2. The van der Waals surface area contributed by atoms with Crippen molar-refractivity contribution in [3.63, 3.8) is 0 Å². The van der Waals surface area contributed by atoms with Crippen LogP contribution in [0.15, 0.2) is 170 Å². The Kier molecular flexibility index (Phi) is 5.61. The maximum Gasteiger partial charge on any atom is -0.00201 e. The minimum Gasteiger partial charge on any atom is -0.0622 e. The molecule has 0 aliphatic rings. The van der Waals surface area contributed by atoms with Gasteiger partial charge in [0.25, 0.3) is 0 Å². The van der Waals surface area contributed by atoms with Crippen LogP contribution in [0.2, 0.25) is 0 Å². The Morgan fingerprint density at radius 2 is 0.705 bits per heavy atom. The lowest BCUT2D eigenvalue weighted by Gasteiger charge is -2.19. The second-order valence-electron chi connectivity index (χ2n) is 11.7. The van der Waals surface area contributed by atoms with E-state index in [0.717, 1.165) is 0 Å². The molecule has 0 aromatic heterocycles. The Morgan fingerprint density at radius 1 is 0.227 bits per heavy atom. The Labute approximate surface area is 256 Å². The molecule has 0 nitrogen and oxygen atoms in total. The molecule has 9 aromatic rings. The van der Waals surface area contributed by atoms with Gasteiger partial charge in [-0.25, -0.2) is 0 Å². The molecule has 0 radical (unpaired) electrons. The number of hydrogen-bond donors (Lipinski definition) is 0. The molecule has 0 spiro atoms. The first-order valence-electron chi connectivity index (χ1n) is 15.3. The van der Waals surface area contributed by atoms with Gasteiger partial charge in [0.1, 0.15) is 0 Å². The first-order chi connectivity index (χ1) is 21.8.